The summed E-state index contributed by atoms with van der Waals surface area (Å²) in [5.41, 5.74) is 1.79. The molecular formula is C17H17NO5S2. The van der Waals surface area contributed by atoms with Gasteiger partial charge in [-0.05, 0) is 30.0 Å². The van der Waals surface area contributed by atoms with Gasteiger partial charge in [-0.15, -0.1) is 11.3 Å². The summed E-state index contributed by atoms with van der Waals surface area (Å²) in [4.78, 5) is 23.7. The van der Waals surface area contributed by atoms with E-state index in [9.17, 15) is 18.0 Å². The van der Waals surface area contributed by atoms with Crippen molar-refractivity contribution in [3.63, 3.8) is 0 Å². The van der Waals surface area contributed by atoms with E-state index < -0.39 is 29.1 Å². The predicted molar refractivity (Wildman–Crippen MR) is 96.7 cm³/mol. The average molecular weight is 379 g/mol. The molecule has 1 aromatic carbocycles. The van der Waals surface area contributed by atoms with Gasteiger partial charge in [-0.1, -0.05) is 35.9 Å². The van der Waals surface area contributed by atoms with Gasteiger partial charge in [0.15, 0.2) is 6.61 Å². The number of ketones is 1. The molecule has 0 aliphatic heterocycles. The van der Waals surface area contributed by atoms with E-state index in [-0.39, 0.29) is 5.78 Å². The van der Waals surface area contributed by atoms with E-state index in [1.54, 1.807) is 29.6 Å². The number of rotatable bonds is 8. The quantitative estimate of drug-likeness (QED) is 0.562. The molecule has 0 fully saturated rings. The summed E-state index contributed by atoms with van der Waals surface area (Å²) in [7, 11) is -3.78. The first-order chi connectivity index (χ1) is 11.9. The molecule has 6 nitrogen and oxygen atoms in total. The molecule has 0 aliphatic rings. The standard InChI is InChI=1S/C17H17NO5S2/c1-13-4-6-14(7-5-13)8-10-25(21,22)18-11-17(20)23-12-15(19)16-3-2-9-24-16/h2-10,18H,11-12H2,1H3/b10-8+. The summed E-state index contributed by atoms with van der Waals surface area (Å²) in [5.74, 6) is -1.15. The van der Waals surface area contributed by atoms with E-state index in [1.807, 2.05) is 19.1 Å². The van der Waals surface area contributed by atoms with Crippen molar-refractivity contribution in [2.24, 2.45) is 0 Å². The van der Waals surface area contributed by atoms with Crippen LogP contribution < -0.4 is 4.72 Å². The van der Waals surface area contributed by atoms with E-state index in [0.717, 1.165) is 16.5 Å². The molecule has 0 saturated carbocycles. The van der Waals surface area contributed by atoms with E-state index in [1.165, 1.54) is 17.4 Å². The summed E-state index contributed by atoms with van der Waals surface area (Å²) < 4.78 is 30.5. The molecule has 0 unspecified atom stereocenters. The SMILES string of the molecule is Cc1ccc(/C=C/S(=O)(=O)NCC(=O)OCC(=O)c2cccs2)cc1. The van der Waals surface area contributed by atoms with Crippen LogP contribution in [0.2, 0.25) is 0 Å². The summed E-state index contributed by atoms with van der Waals surface area (Å²) >= 11 is 1.24. The molecule has 0 radical (unpaired) electrons. The molecule has 25 heavy (non-hydrogen) atoms. The molecular weight excluding hydrogens is 362 g/mol. The van der Waals surface area contributed by atoms with E-state index >= 15 is 0 Å². The van der Waals surface area contributed by atoms with Crippen molar-refractivity contribution in [2.45, 2.75) is 6.92 Å². The number of hydrogen-bond donors (Lipinski definition) is 1. The van der Waals surface area contributed by atoms with E-state index in [2.05, 4.69) is 4.72 Å². The van der Waals surface area contributed by atoms with Gasteiger partial charge in [0, 0.05) is 5.41 Å². The Bertz CT molecular complexity index is 853. The maximum atomic E-state index is 11.8. The van der Waals surface area contributed by atoms with E-state index in [0.29, 0.717) is 4.88 Å². The highest BCUT2D eigenvalue weighted by Gasteiger charge is 2.13. The van der Waals surface area contributed by atoms with Crippen LogP contribution in [0.1, 0.15) is 20.8 Å². The lowest BCUT2D eigenvalue weighted by Gasteiger charge is -2.04. The van der Waals surface area contributed by atoms with Crippen LogP contribution in [-0.4, -0.2) is 33.3 Å². The second kappa shape index (κ2) is 8.70. The molecule has 0 saturated heterocycles. The molecule has 0 aliphatic carbocycles. The average Bonchev–Trinajstić information content (AvgIpc) is 3.12. The smallest absolute Gasteiger partial charge is 0.321 e. The lowest BCUT2D eigenvalue weighted by atomic mass is 10.2. The number of benzene rings is 1. The monoisotopic (exact) mass is 379 g/mol. The first kappa shape index (κ1) is 19.0. The number of sulfonamides is 1. The maximum Gasteiger partial charge on any atom is 0.321 e. The molecule has 1 aromatic heterocycles. The number of nitrogens with one attached hydrogen (secondary N) is 1. The Labute approximate surface area is 150 Å². The summed E-state index contributed by atoms with van der Waals surface area (Å²) in [6.45, 7) is 0.971. The molecule has 0 bridgehead atoms. The molecule has 0 spiro atoms. The lowest BCUT2D eigenvalue weighted by Crippen LogP contribution is -2.30. The number of carbonyl (C=O) groups excluding carboxylic acids is 2. The van der Waals surface area contributed by atoms with Crippen LogP contribution in [0.4, 0.5) is 0 Å². The number of hydrogen-bond acceptors (Lipinski definition) is 6. The Morgan fingerprint density at radius 1 is 1.20 bits per heavy atom. The molecule has 2 rings (SSSR count). The van der Waals surface area contributed by atoms with Crippen LogP contribution in [0.25, 0.3) is 6.08 Å². The van der Waals surface area contributed by atoms with Gasteiger partial charge in [0.25, 0.3) is 0 Å². The largest absolute Gasteiger partial charge is 0.456 e. The maximum absolute atomic E-state index is 11.8. The van der Waals surface area contributed by atoms with Crippen molar-refractivity contribution in [3.8, 4) is 0 Å². The first-order valence-electron chi connectivity index (χ1n) is 7.32. The third-order valence-electron chi connectivity index (χ3n) is 3.09. The summed E-state index contributed by atoms with van der Waals surface area (Å²) in [5, 5.41) is 2.71. The van der Waals surface area contributed by atoms with Gasteiger partial charge in [0.05, 0.1) is 4.88 Å². The first-order valence-corrected chi connectivity index (χ1v) is 9.75. The Hall–Kier alpha value is -2.29. The molecule has 0 atom stereocenters. The minimum absolute atomic E-state index is 0.328. The molecule has 8 heteroatoms. The number of aryl methyl sites for hydroxylation is 1. The van der Waals surface area contributed by atoms with Crippen molar-refractivity contribution in [1.82, 2.24) is 4.72 Å². The van der Waals surface area contributed by atoms with Crippen LogP contribution in [-0.2, 0) is 19.6 Å². The van der Waals surface area contributed by atoms with Gasteiger partial charge in [0.1, 0.15) is 6.54 Å². The minimum Gasteiger partial charge on any atom is -0.456 e. The molecule has 132 valence electrons. The number of Topliss-reactive ketones (excluding diaryl/α,β-unsaturated/α-hetero) is 1. The second-order valence-electron chi connectivity index (χ2n) is 5.14. The van der Waals surface area contributed by atoms with Gasteiger partial charge in [0.2, 0.25) is 15.8 Å². The summed E-state index contributed by atoms with van der Waals surface area (Å²) in [6, 6.07) is 10.6. The zero-order chi connectivity index (χ0) is 18.3. The normalized spacial score (nSPS) is 11.6. The zero-order valence-electron chi connectivity index (χ0n) is 13.5. The van der Waals surface area contributed by atoms with Crippen LogP contribution in [0.5, 0.6) is 0 Å². The molecule has 1 N–H and O–H groups in total. The molecule has 1 heterocycles. The van der Waals surface area contributed by atoms with Gasteiger partial charge < -0.3 is 4.74 Å². The van der Waals surface area contributed by atoms with Crippen molar-refractivity contribution in [3.05, 3.63) is 63.2 Å². The number of esters is 1. The van der Waals surface area contributed by atoms with Gasteiger partial charge in [-0.25, -0.2) is 13.1 Å². The minimum atomic E-state index is -3.78. The number of carbonyl (C=O) groups is 2. The van der Waals surface area contributed by atoms with Gasteiger partial charge in [-0.3, -0.25) is 9.59 Å². The Morgan fingerprint density at radius 3 is 2.56 bits per heavy atom. The van der Waals surface area contributed by atoms with Crippen molar-refractivity contribution in [2.75, 3.05) is 13.2 Å². The van der Waals surface area contributed by atoms with Crippen molar-refractivity contribution in [1.29, 1.82) is 0 Å². The fourth-order valence-electron chi connectivity index (χ4n) is 1.76. The van der Waals surface area contributed by atoms with Crippen LogP contribution >= 0.6 is 11.3 Å². The zero-order valence-corrected chi connectivity index (χ0v) is 15.1. The highest BCUT2D eigenvalue weighted by atomic mass is 32.2. The second-order valence-corrected chi connectivity index (χ2v) is 7.74. The third kappa shape index (κ3) is 6.61. The van der Waals surface area contributed by atoms with Gasteiger partial charge in [-0.2, -0.15) is 0 Å². The number of ether oxygens (including phenoxy) is 1. The Kier molecular flexibility index (Phi) is 6.63. The fraction of sp³-hybridized carbons (Fsp3) is 0.176. The topological polar surface area (TPSA) is 89.5 Å². The predicted octanol–water partition coefficient (Wildman–Crippen LogP) is 2.37. The lowest BCUT2D eigenvalue weighted by molar-refractivity contribution is -0.141. The fourth-order valence-corrected chi connectivity index (χ4v) is 3.16. The van der Waals surface area contributed by atoms with E-state index in [4.69, 9.17) is 4.74 Å². The van der Waals surface area contributed by atoms with Crippen molar-refractivity contribution < 1.29 is 22.7 Å². The third-order valence-corrected chi connectivity index (χ3v) is 5.05. The highest BCUT2D eigenvalue weighted by molar-refractivity contribution is 7.92. The molecule has 0 amide bonds. The highest BCUT2D eigenvalue weighted by Crippen LogP contribution is 2.09. The number of thiophene rings is 1. The van der Waals surface area contributed by atoms with Crippen LogP contribution in [0, 0.1) is 6.92 Å². The van der Waals surface area contributed by atoms with Gasteiger partial charge >= 0.3 is 5.97 Å². The molecule has 2 aromatic rings. The van der Waals surface area contributed by atoms with Crippen molar-refractivity contribution >= 4 is 39.2 Å². The Balaban J connectivity index is 1.79. The van der Waals surface area contributed by atoms with Crippen LogP contribution in [0.3, 0.4) is 0 Å². The Morgan fingerprint density at radius 2 is 1.92 bits per heavy atom. The van der Waals surface area contributed by atoms with Crippen LogP contribution in [0.15, 0.2) is 47.2 Å². The summed E-state index contributed by atoms with van der Waals surface area (Å²) in [6.07, 6.45) is 1.42.